The Morgan fingerprint density at radius 3 is 2.11 bits per heavy atom. The van der Waals surface area contributed by atoms with Crippen molar-refractivity contribution in [2.45, 2.75) is 45.4 Å². The number of aliphatic hydroxyl groups excluding tert-OH is 1. The Balaban J connectivity index is 0. The Kier molecular flexibility index (Phi) is 10.1. The number of aliphatic hydroxyl groups is 1. The molecule has 0 saturated heterocycles. The first-order chi connectivity index (χ1) is 7.95. The summed E-state index contributed by atoms with van der Waals surface area (Å²) in [6.07, 6.45) is 0.0787. The minimum atomic E-state index is -0.700. The lowest BCUT2D eigenvalue weighted by Gasteiger charge is -2.25. The van der Waals surface area contributed by atoms with Gasteiger partial charge in [-0.05, 0) is 24.1 Å². The highest BCUT2D eigenvalue weighted by Gasteiger charge is 2.20. The number of benzene rings is 1. The summed E-state index contributed by atoms with van der Waals surface area (Å²) in [5.41, 5.74) is 0.598. The Labute approximate surface area is 126 Å². The maximum absolute atomic E-state index is 10.2. The van der Waals surface area contributed by atoms with Gasteiger partial charge in [0.05, 0.1) is 6.10 Å². The second-order valence-electron chi connectivity index (χ2n) is 4.53. The predicted octanol–water partition coefficient (Wildman–Crippen LogP) is 2.75. The van der Waals surface area contributed by atoms with Crippen LogP contribution in [0.2, 0.25) is 0 Å². The molecular formula is C13H23Cl2NO3. The normalized spacial score (nSPS) is 13.3. The first-order valence-electron chi connectivity index (χ1n) is 5.91. The highest BCUT2D eigenvalue weighted by atomic mass is 35.5. The minimum Gasteiger partial charge on any atom is -0.504 e. The summed E-state index contributed by atoms with van der Waals surface area (Å²) < 4.78 is 0. The number of phenolic OH excluding ortho intramolecular Hbond substituents is 2. The summed E-state index contributed by atoms with van der Waals surface area (Å²) in [5.74, 6) is -0.383. The third-order valence-electron chi connectivity index (χ3n) is 2.71. The van der Waals surface area contributed by atoms with Gasteiger partial charge in [-0.15, -0.1) is 24.8 Å². The fourth-order valence-electron chi connectivity index (χ4n) is 1.82. The zero-order valence-corrected chi connectivity index (χ0v) is 13.0. The first kappa shape index (κ1) is 20.6. The fraction of sp³-hybridized carbons (Fsp3) is 0.538. The Morgan fingerprint density at radius 1 is 1.11 bits per heavy atom. The molecule has 0 radical (unpaired) electrons. The topological polar surface area (TPSA) is 72.7 Å². The number of rotatable bonds is 5. The van der Waals surface area contributed by atoms with Crippen molar-refractivity contribution >= 4 is 24.8 Å². The number of phenols is 2. The number of hydrogen-bond acceptors (Lipinski definition) is 4. The number of hydrogen-bond donors (Lipinski definition) is 4. The van der Waals surface area contributed by atoms with Crippen molar-refractivity contribution in [1.29, 1.82) is 0 Å². The zero-order chi connectivity index (χ0) is 13.0. The average Bonchev–Trinajstić information content (AvgIpc) is 2.28. The van der Waals surface area contributed by atoms with Crippen molar-refractivity contribution in [2.75, 3.05) is 0 Å². The highest BCUT2D eigenvalue weighted by molar-refractivity contribution is 5.85. The molecule has 0 heterocycles. The third kappa shape index (κ3) is 5.87. The van der Waals surface area contributed by atoms with E-state index in [-0.39, 0.29) is 48.4 Å². The Hall–Kier alpha value is -0.680. The molecule has 4 N–H and O–H groups in total. The molecule has 1 aromatic rings. The van der Waals surface area contributed by atoms with E-state index in [9.17, 15) is 15.3 Å². The molecule has 0 amide bonds. The lowest BCUT2D eigenvalue weighted by Crippen LogP contribution is -2.38. The minimum absolute atomic E-state index is 0. The Bertz CT molecular complexity index is 375. The third-order valence-corrected chi connectivity index (χ3v) is 2.71. The van der Waals surface area contributed by atoms with Gasteiger partial charge in [-0.1, -0.05) is 26.8 Å². The molecule has 6 heteroatoms. The van der Waals surface area contributed by atoms with Gasteiger partial charge in [0.15, 0.2) is 11.5 Å². The van der Waals surface area contributed by atoms with E-state index in [4.69, 9.17) is 0 Å². The molecule has 2 atom stereocenters. The highest BCUT2D eigenvalue weighted by Crippen LogP contribution is 2.29. The van der Waals surface area contributed by atoms with Crippen LogP contribution in [0.25, 0.3) is 0 Å². The summed E-state index contributed by atoms with van der Waals surface area (Å²) in [6, 6.07) is 4.60. The van der Waals surface area contributed by atoms with Crippen LogP contribution < -0.4 is 5.32 Å². The van der Waals surface area contributed by atoms with Crippen LogP contribution in [0.1, 0.15) is 38.9 Å². The summed E-state index contributed by atoms with van der Waals surface area (Å²) in [4.78, 5) is 0. The SMILES string of the molecule is CCC(NC(C)C)C(O)c1ccc(O)c(O)c1.Cl.Cl. The van der Waals surface area contributed by atoms with Gasteiger partial charge >= 0.3 is 0 Å². The van der Waals surface area contributed by atoms with Crippen molar-refractivity contribution in [3.63, 3.8) is 0 Å². The van der Waals surface area contributed by atoms with E-state index in [0.717, 1.165) is 6.42 Å². The van der Waals surface area contributed by atoms with E-state index >= 15 is 0 Å². The van der Waals surface area contributed by atoms with Crippen molar-refractivity contribution in [2.24, 2.45) is 0 Å². The van der Waals surface area contributed by atoms with Gasteiger partial charge in [0.2, 0.25) is 0 Å². The van der Waals surface area contributed by atoms with E-state index in [1.165, 1.54) is 12.1 Å². The molecule has 0 fully saturated rings. The van der Waals surface area contributed by atoms with Crippen LogP contribution in [0.5, 0.6) is 11.5 Å². The smallest absolute Gasteiger partial charge is 0.157 e. The predicted molar refractivity (Wildman–Crippen MR) is 81.6 cm³/mol. The van der Waals surface area contributed by atoms with Crippen LogP contribution in [-0.2, 0) is 0 Å². The van der Waals surface area contributed by atoms with Gasteiger partial charge < -0.3 is 20.6 Å². The molecular weight excluding hydrogens is 289 g/mol. The lowest BCUT2D eigenvalue weighted by atomic mass is 9.99. The van der Waals surface area contributed by atoms with Crippen molar-refractivity contribution < 1.29 is 15.3 Å². The van der Waals surface area contributed by atoms with Gasteiger partial charge in [-0.2, -0.15) is 0 Å². The monoisotopic (exact) mass is 311 g/mol. The zero-order valence-electron chi connectivity index (χ0n) is 11.3. The van der Waals surface area contributed by atoms with E-state index < -0.39 is 6.10 Å². The molecule has 4 nitrogen and oxygen atoms in total. The fourth-order valence-corrected chi connectivity index (χ4v) is 1.82. The summed E-state index contributed by atoms with van der Waals surface area (Å²) in [5, 5.41) is 32.1. The van der Waals surface area contributed by atoms with E-state index in [1.54, 1.807) is 6.07 Å². The number of nitrogens with one attached hydrogen (secondary N) is 1. The van der Waals surface area contributed by atoms with Crippen LogP contribution in [0.15, 0.2) is 18.2 Å². The molecule has 2 unspecified atom stereocenters. The van der Waals surface area contributed by atoms with Crippen LogP contribution in [0.3, 0.4) is 0 Å². The van der Waals surface area contributed by atoms with Gasteiger partial charge in [-0.3, -0.25) is 0 Å². The first-order valence-corrected chi connectivity index (χ1v) is 5.91. The molecule has 0 aromatic heterocycles. The molecule has 1 rings (SSSR count). The van der Waals surface area contributed by atoms with E-state index in [2.05, 4.69) is 5.32 Å². The van der Waals surface area contributed by atoms with Gasteiger partial charge in [0, 0.05) is 12.1 Å². The number of halogens is 2. The van der Waals surface area contributed by atoms with Crippen molar-refractivity contribution in [3.05, 3.63) is 23.8 Å². The maximum Gasteiger partial charge on any atom is 0.157 e. The van der Waals surface area contributed by atoms with Crippen molar-refractivity contribution in [1.82, 2.24) is 5.32 Å². The molecule has 1 aromatic carbocycles. The second-order valence-corrected chi connectivity index (χ2v) is 4.53. The standard InChI is InChI=1S/C13H21NO3.2ClH/c1-4-10(14-8(2)3)13(17)9-5-6-11(15)12(16)7-9;;/h5-8,10,13-17H,4H2,1-3H3;2*1H. The maximum atomic E-state index is 10.2. The molecule has 19 heavy (non-hydrogen) atoms. The second kappa shape index (κ2) is 9.26. The summed E-state index contributed by atoms with van der Waals surface area (Å²) >= 11 is 0. The molecule has 0 spiro atoms. The molecule has 0 aliphatic heterocycles. The van der Waals surface area contributed by atoms with E-state index in [1.807, 2.05) is 20.8 Å². The molecule has 0 saturated carbocycles. The molecule has 0 aliphatic rings. The summed E-state index contributed by atoms with van der Waals surface area (Å²) in [6.45, 7) is 6.02. The quantitative estimate of drug-likeness (QED) is 0.631. The lowest BCUT2D eigenvalue weighted by molar-refractivity contribution is 0.121. The van der Waals surface area contributed by atoms with Crippen LogP contribution in [0.4, 0.5) is 0 Å². The van der Waals surface area contributed by atoms with Crippen LogP contribution in [-0.4, -0.2) is 27.4 Å². The van der Waals surface area contributed by atoms with E-state index in [0.29, 0.717) is 5.56 Å². The van der Waals surface area contributed by atoms with Gasteiger partial charge in [0.25, 0.3) is 0 Å². The molecule has 0 aliphatic carbocycles. The van der Waals surface area contributed by atoms with Gasteiger partial charge in [0.1, 0.15) is 0 Å². The average molecular weight is 312 g/mol. The summed E-state index contributed by atoms with van der Waals surface area (Å²) in [7, 11) is 0. The Morgan fingerprint density at radius 2 is 1.68 bits per heavy atom. The largest absolute Gasteiger partial charge is 0.504 e. The van der Waals surface area contributed by atoms with Crippen LogP contribution in [0, 0.1) is 0 Å². The van der Waals surface area contributed by atoms with Crippen LogP contribution >= 0.6 is 24.8 Å². The van der Waals surface area contributed by atoms with Crippen molar-refractivity contribution in [3.8, 4) is 11.5 Å². The molecule has 0 bridgehead atoms. The molecule has 112 valence electrons. The number of aromatic hydroxyl groups is 2. The van der Waals surface area contributed by atoms with Gasteiger partial charge in [-0.25, -0.2) is 0 Å².